The van der Waals surface area contributed by atoms with Gasteiger partial charge in [0.15, 0.2) is 0 Å². The van der Waals surface area contributed by atoms with E-state index in [2.05, 4.69) is 0 Å². The van der Waals surface area contributed by atoms with Gasteiger partial charge in [-0.25, -0.2) is 8.78 Å². The Kier molecular flexibility index (Phi) is 5.42. The van der Waals surface area contributed by atoms with Gasteiger partial charge in [0.25, 0.3) is 5.91 Å². The number of nitrogens with two attached hydrogens (primary N) is 1. The summed E-state index contributed by atoms with van der Waals surface area (Å²) in [6.07, 6.45) is 0.642. The fraction of sp³-hybridized carbons (Fsp3) is 0.500. The molecule has 0 aliphatic heterocycles. The summed E-state index contributed by atoms with van der Waals surface area (Å²) in [7, 11) is 1.58. The van der Waals surface area contributed by atoms with E-state index in [1.165, 1.54) is 4.90 Å². The summed E-state index contributed by atoms with van der Waals surface area (Å²) in [6.45, 7) is 4.45. The molecule has 106 valence electrons. The van der Waals surface area contributed by atoms with Crippen LogP contribution in [0.2, 0.25) is 0 Å². The first kappa shape index (κ1) is 15.6. The van der Waals surface area contributed by atoms with Gasteiger partial charge in [-0.15, -0.1) is 0 Å². The lowest BCUT2D eigenvalue weighted by Gasteiger charge is -2.21. The standard InChI is InChI=1S/C14H20F2N2O/c1-9(2)13(17)6-7-18(3)14(19)11-5-4-10(15)8-12(11)16/h4-5,8-9,13H,6-7,17H2,1-3H3. The lowest BCUT2D eigenvalue weighted by Crippen LogP contribution is -2.35. The number of hydrogen-bond donors (Lipinski definition) is 1. The lowest BCUT2D eigenvalue weighted by atomic mass is 10.0. The second-order valence-electron chi connectivity index (χ2n) is 5.05. The van der Waals surface area contributed by atoms with Crippen LogP contribution in [0.3, 0.4) is 0 Å². The second-order valence-corrected chi connectivity index (χ2v) is 5.05. The van der Waals surface area contributed by atoms with Crippen LogP contribution < -0.4 is 5.73 Å². The Hall–Kier alpha value is -1.49. The highest BCUT2D eigenvalue weighted by Crippen LogP contribution is 2.12. The van der Waals surface area contributed by atoms with Crippen LogP contribution in [0, 0.1) is 17.6 Å². The van der Waals surface area contributed by atoms with Gasteiger partial charge in [0.1, 0.15) is 11.6 Å². The zero-order valence-corrected chi connectivity index (χ0v) is 11.5. The van der Waals surface area contributed by atoms with E-state index >= 15 is 0 Å². The smallest absolute Gasteiger partial charge is 0.256 e. The van der Waals surface area contributed by atoms with Crippen LogP contribution >= 0.6 is 0 Å². The van der Waals surface area contributed by atoms with Gasteiger partial charge < -0.3 is 10.6 Å². The van der Waals surface area contributed by atoms with E-state index in [9.17, 15) is 13.6 Å². The number of carbonyl (C=O) groups excluding carboxylic acids is 1. The van der Waals surface area contributed by atoms with E-state index in [0.717, 1.165) is 12.1 Å². The third-order valence-corrected chi connectivity index (χ3v) is 3.16. The molecule has 0 aliphatic rings. The maximum atomic E-state index is 13.5. The Balaban J connectivity index is 2.66. The van der Waals surface area contributed by atoms with Crippen molar-refractivity contribution in [2.75, 3.05) is 13.6 Å². The first-order valence-corrected chi connectivity index (χ1v) is 6.29. The number of rotatable bonds is 5. The van der Waals surface area contributed by atoms with E-state index in [0.29, 0.717) is 24.9 Å². The molecule has 0 aromatic heterocycles. The predicted molar refractivity (Wildman–Crippen MR) is 70.7 cm³/mol. The molecule has 2 N–H and O–H groups in total. The summed E-state index contributed by atoms with van der Waals surface area (Å²) >= 11 is 0. The molecule has 5 heteroatoms. The Bertz CT molecular complexity index is 449. The van der Waals surface area contributed by atoms with Crippen molar-refractivity contribution in [3.8, 4) is 0 Å². The van der Waals surface area contributed by atoms with Gasteiger partial charge in [-0.05, 0) is 24.5 Å². The maximum Gasteiger partial charge on any atom is 0.256 e. The van der Waals surface area contributed by atoms with Crippen molar-refractivity contribution >= 4 is 5.91 Å². The van der Waals surface area contributed by atoms with Crippen molar-refractivity contribution in [2.24, 2.45) is 11.7 Å². The molecule has 0 fully saturated rings. The highest BCUT2D eigenvalue weighted by Gasteiger charge is 2.17. The third kappa shape index (κ3) is 4.28. The molecule has 1 atom stereocenters. The maximum absolute atomic E-state index is 13.5. The van der Waals surface area contributed by atoms with Crippen molar-refractivity contribution in [1.82, 2.24) is 4.90 Å². The number of hydrogen-bond acceptors (Lipinski definition) is 2. The quantitative estimate of drug-likeness (QED) is 0.893. The molecule has 1 aromatic carbocycles. The summed E-state index contributed by atoms with van der Waals surface area (Å²) in [5, 5.41) is 0. The molecule has 0 saturated heterocycles. The lowest BCUT2D eigenvalue weighted by molar-refractivity contribution is 0.0784. The topological polar surface area (TPSA) is 46.3 Å². The van der Waals surface area contributed by atoms with Crippen molar-refractivity contribution in [2.45, 2.75) is 26.3 Å². The van der Waals surface area contributed by atoms with Gasteiger partial charge >= 0.3 is 0 Å². The summed E-state index contributed by atoms with van der Waals surface area (Å²) in [5.41, 5.74) is 5.77. The summed E-state index contributed by atoms with van der Waals surface area (Å²) < 4.78 is 26.2. The fourth-order valence-electron chi connectivity index (χ4n) is 1.65. The fourth-order valence-corrected chi connectivity index (χ4v) is 1.65. The number of halogens is 2. The minimum Gasteiger partial charge on any atom is -0.342 e. The Morgan fingerprint density at radius 3 is 2.53 bits per heavy atom. The molecule has 0 aliphatic carbocycles. The van der Waals surface area contributed by atoms with Crippen LogP contribution in [0.15, 0.2) is 18.2 Å². The molecule has 0 bridgehead atoms. The number of carbonyl (C=O) groups is 1. The van der Waals surface area contributed by atoms with Gasteiger partial charge in [-0.2, -0.15) is 0 Å². The number of benzene rings is 1. The van der Waals surface area contributed by atoms with E-state index < -0.39 is 17.5 Å². The highest BCUT2D eigenvalue weighted by atomic mass is 19.1. The highest BCUT2D eigenvalue weighted by molar-refractivity contribution is 5.94. The van der Waals surface area contributed by atoms with Gasteiger partial charge in [0.05, 0.1) is 5.56 Å². The number of amides is 1. The van der Waals surface area contributed by atoms with Crippen molar-refractivity contribution in [1.29, 1.82) is 0 Å². The predicted octanol–water partition coefficient (Wildman–Crippen LogP) is 2.41. The largest absolute Gasteiger partial charge is 0.342 e. The zero-order valence-electron chi connectivity index (χ0n) is 11.5. The molecule has 1 unspecified atom stereocenters. The van der Waals surface area contributed by atoms with Crippen LogP contribution in [-0.4, -0.2) is 30.4 Å². The van der Waals surface area contributed by atoms with Crippen LogP contribution in [0.1, 0.15) is 30.6 Å². The second kappa shape index (κ2) is 6.61. The molecule has 1 rings (SSSR count). The molecular formula is C14H20F2N2O. The van der Waals surface area contributed by atoms with Crippen LogP contribution in [0.25, 0.3) is 0 Å². The van der Waals surface area contributed by atoms with Crippen molar-refractivity contribution in [3.05, 3.63) is 35.4 Å². The Morgan fingerprint density at radius 2 is 2.00 bits per heavy atom. The minimum atomic E-state index is -0.843. The van der Waals surface area contributed by atoms with Crippen molar-refractivity contribution in [3.63, 3.8) is 0 Å². The molecule has 0 saturated carbocycles. The molecule has 0 spiro atoms. The Labute approximate surface area is 112 Å². The molecule has 0 radical (unpaired) electrons. The normalized spacial score (nSPS) is 12.6. The molecule has 0 heterocycles. The molecule has 1 amide bonds. The molecule has 1 aromatic rings. The number of nitrogens with zero attached hydrogens (tertiary/aromatic N) is 1. The van der Waals surface area contributed by atoms with Gasteiger partial charge in [0, 0.05) is 25.7 Å². The molecule has 3 nitrogen and oxygen atoms in total. The first-order valence-electron chi connectivity index (χ1n) is 6.29. The Morgan fingerprint density at radius 1 is 1.37 bits per heavy atom. The molecule has 19 heavy (non-hydrogen) atoms. The third-order valence-electron chi connectivity index (χ3n) is 3.16. The van der Waals surface area contributed by atoms with Gasteiger partial charge in [0.2, 0.25) is 0 Å². The molecular weight excluding hydrogens is 250 g/mol. The average Bonchev–Trinajstić information content (AvgIpc) is 2.34. The van der Waals surface area contributed by atoms with E-state index in [1.807, 2.05) is 13.8 Å². The zero-order chi connectivity index (χ0) is 14.6. The van der Waals surface area contributed by atoms with E-state index in [1.54, 1.807) is 7.05 Å². The summed E-state index contributed by atoms with van der Waals surface area (Å²) in [6, 6.07) is 2.94. The van der Waals surface area contributed by atoms with E-state index in [-0.39, 0.29) is 11.6 Å². The average molecular weight is 270 g/mol. The van der Waals surface area contributed by atoms with Crippen LogP contribution in [0.4, 0.5) is 8.78 Å². The summed E-state index contributed by atoms with van der Waals surface area (Å²) in [4.78, 5) is 13.4. The monoisotopic (exact) mass is 270 g/mol. The first-order chi connectivity index (χ1) is 8.82. The van der Waals surface area contributed by atoms with Crippen molar-refractivity contribution < 1.29 is 13.6 Å². The van der Waals surface area contributed by atoms with Crippen LogP contribution in [0.5, 0.6) is 0 Å². The summed E-state index contributed by atoms with van der Waals surface area (Å²) in [5.74, 6) is -1.68. The van der Waals surface area contributed by atoms with E-state index in [4.69, 9.17) is 5.73 Å². The van der Waals surface area contributed by atoms with Crippen LogP contribution in [-0.2, 0) is 0 Å². The van der Waals surface area contributed by atoms with Gasteiger partial charge in [-0.1, -0.05) is 13.8 Å². The SMILES string of the molecule is CC(C)C(N)CCN(C)C(=O)c1ccc(F)cc1F. The van der Waals surface area contributed by atoms with Gasteiger partial charge in [-0.3, -0.25) is 4.79 Å². The minimum absolute atomic E-state index is 0.00619.